The number of ether oxygens (including phenoxy) is 3. The molecule has 0 atom stereocenters. The summed E-state index contributed by atoms with van der Waals surface area (Å²) in [4.78, 5) is 6.53. The van der Waals surface area contributed by atoms with E-state index in [0.717, 1.165) is 39.8 Å². The minimum Gasteiger partial charge on any atom is -0.496 e. The Morgan fingerprint density at radius 1 is 1.10 bits per heavy atom. The van der Waals surface area contributed by atoms with Gasteiger partial charge in [0, 0.05) is 18.4 Å². The molecule has 0 unspecified atom stereocenters. The molecule has 0 amide bonds. The van der Waals surface area contributed by atoms with Gasteiger partial charge in [-0.05, 0) is 72.7 Å². The van der Waals surface area contributed by atoms with E-state index in [0.29, 0.717) is 18.2 Å². The van der Waals surface area contributed by atoms with Crippen molar-refractivity contribution in [2.75, 3.05) is 19.2 Å². The minimum absolute atomic E-state index is 0.257. The number of methoxy groups -OCH3 is 1. The highest BCUT2D eigenvalue weighted by atomic mass is 32.1. The Kier molecular flexibility index (Phi) is 5.99. The molecule has 30 heavy (non-hydrogen) atoms. The van der Waals surface area contributed by atoms with Crippen LogP contribution in [0.2, 0.25) is 0 Å². The van der Waals surface area contributed by atoms with Crippen LogP contribution in [0.3, 0.4) is 0 Å². The van der Waals surface area contributed by atoms with Crippen molar-refractivity contribution >= 4 is 23.0 Å². The quantitative estimate of drug-likeness (QED) is 0.587. The summed E-state index contributed by atoms with van der Waals surface area (Å²) in [7, 11) is 1.67. The molecular formula is C23H23N3O3S. The highest BCUT2D eigenvalue weighted by Gasteiger charge is 2.17. The summed E-state index contributed by atoms with van der Waals surface area (Å²) in [6, 6.07) is 17.7. The van der Waals surface area contributed by atoms with Crippen molar-refractivity contribution < 1.29 is 14.2 Å². The van der Waals surface area contributed by atoms with E-state index in [2.05, 4.69) is 15.2 Å². The Labute approximate surface area is 181 Å². The molecule has 1 aliphatic heterocycles. The largest absolute Gasteiger partial charge is 0.496 e. The van der Waals surface area contributed by atoms with Crippen LogP contribution in [0.4, 0.5) is 5.69 Å². The zero-order valence-electron chi connectivity index (χ0n) is 16.9. The van der Waals surface area contributed by atoms with Gasteiger partial charge in [0.2, 0.25) is 6.79 Å². The first-order valence-corrected chi connectivity index (χ1v) is 10.0. The second kappa shape index (κ2) is 9.00. The molecule has 1 aliphatic rings. The lowest BCUT2D eigenvalue weighted by Crippen LogP contribution is -2.34. The third-order valence-corrected chi connectivity index (χ3v) is 5.18. The van der Waals surface area contributed by atoms with Crippen molar-refractivity contribution in [3.63, 3.8) is 0 Å². The molecule has 0 bridgehead atoms. The number of fused-ring (bicyclic) bond motifs is 1. The fraction of sp³-hybridized carbons (Fsp3) is 0.217. The molecule has 2 heterocycles. The molecule has 0 aliphatic carbocycles. The van der Waals surface area contributed by atoms with E-state index in [-0.39, 0.29) is 6.79 Å². The van der Waals surface area contributed by atoms with Crippen molar-refractivity contribution in [2.24, 2.45) is 0 Å². The predicted octanol–water partition coefficient (Wildman–Crippen LogP) is 4.53. The Morgan fingerprint density at radius 2 is 1.97 bits per heavy atom. The summed E-state index contributed by atoms with van der Waals surface area (Å²) in [5.74, 6) is 2.37. The van der Waals surface area contributed by atoms with Gasteiger partial charge in [0.1, 0.15) is 5.75 Å². The number of nitrogens with zero attached hydrogens (tertiary/aromatic N) is 2. The van der Waals surface area contributed by atoms with Crippen molar-refractivity contribution in [3.8, 4) is 17.2 Å². The molecular weight excluding hydrogens is 398 g/mol. The molecule has 1 aromatic heterocycles. The molecule has 7 heteroatoms. The maximum absolute atomic E-state index is 5.76. The monoisotopic (exact) mass is 421 g/mol. The van der Waals surface area contributed by atoms with E-state index in [1.807, 2.05) is 61.5 Å². The lowest BCUT2D eigenvalue weighted by Gasteiger charge is -2.26. The van der Waals surface area contributed by atoms with Crippen molar-refractivity contribution in [1.29, 1.82) is 0 Å². The molecule has 0 radical (unpaired) electrons. The van der Waals surface area contributed by atoms with Gasteiger partial charge in [-0.15, -0.1) is 0 Å². The molecule has 0 spiro atoms. The molecule has 2 aromatic carbocycles. The summed E-state index contributed by atoms with van der Waals surface area (Å²) in [6.45, 7) is 3.45. The van der Waals surface area contributed by atoms with E-state index in [1.165, 1.54) is 0 Å². The molecule has 0 saturated carbocycles. The number of aromatic nitrogens is 1. The summed E-state index contributed by atoms with van der Waals surface area (Å²) in [5.41, 5.74) is 3.96. The van der Waals surface area contributed by atoms with Gasteiger partial charge in [-0.25, -0.2) is 0 Å². The van der Waals surface area contributed by atoms with Gasteiger partial charge < -0.3 is 24.4 Å². The van der Waals surface area contributed by atoms with E-state index < -0.39 is 0 Å². The zero-order chi connectivity index (χ0) is 20.9. The van der Waals surface area contributed by atoms with Crippen LogP contribution < -0.4 is 19.5 Å². The first-order chi connectivity index (χ1) is 14.6. The third kappa shape index (κ3) is 4.63. The third-order valence-electron chi connectivity index (χ3n) is 4.82. The maximum atomic E-state index is 5.76. The summed E-state index contributed by atoms with van der Waals surface area (Å²) in [5, 5.41) is 3.96. The number of hydrogen-bond donors (Lipinski definition) is 1. The van der Waals surface area contributed by atoms with Crippen LogP contribution >= 0.6 is 12.2 Å². The number of rotatable bonds is 6. The van der Waals surface area contributed by atoms with Crippen molar-refractivity contribution in [2.45, 2.75) is 20.0 Å². The fourth-order valence-electron chi connectivity index (χ4n) is 3.31. The van der Waals surface area contributed by atoms with E-state index >= 15 is 0 Å². The average molecular weight is 422 g/mol. The Hall–Kier alpha value is -3.32. The van der Waals surface area contributed by atoms with Gasteiger partial charge >= 0.3 is 0 Å². The number of aryl methyl sites for hydroxylation is 1. The zero-order valence-corrected chi connectivity index (χ0v) is 17.7. The Balaban J connectivity index is 1.54. The predicted molar refractivity (Wildman–Crippen MR) is 120 cm³/mol. The van der Waals surface area contributed by atoms with Gasteiger partial charge in [0.25, 0.3) is 0 Å². The van der Waals surface area contributed by atoms with E-state index in [1.54, 1.807) is 13.3 Å². The van der Waals surface area contributed by atoms with Crippen LogP contribution in [-0.4, -0.2) is 28.9 Å². The Morgan fingerprint density at radius 3 is 2.73 bits per heavy atom. The SMILES string of the molecule is COc1ccc(NC(=S)N(Cc2ccc3c(c2)OCO3)Cc2ccccn2)cc1C. The number of hydrogen-bond acceptors (Lipinski definition) is 5. The normalized spacial score (nSPS) is 11.8. The molecule has 0 fully saturated rings. The van der Waals surface area contributed by atoms with Gasteiger partial charge in [-0.2, -0.15) is 0 Å². The fourth-order valence-corrected chi connectivity index (χ4v) is 3.55. The van der Waals surface area contributed by atoms with Gasteiger partial charge in [0.05, 0.1) is 19.3 Å². The molecule has 6 nitrogen and oxygen atoms in total. The Bertz CT molecular complexity index is 1040. The lowest BCUT2D eigenvalue weighted by atomic mass is 10.2. The van der Waals surface area contributed by atoms with Crippen LogP contribution in [0, 0.1) is 6.92 Å². The van der Waals surface area contributed by atoms with Crippen molar-refractivity contribution in [1.82, 2.24) is 9.88 Å². The van der Waals surface area contributed by atoms with Gasteiger partial charge in [0.15, 0.2) is 16.6 Å². The highest BCUT2D eigenvalue weighted by Crippen LogP contribution is 2.33. The van der Waals surface area contributed by atoms with Crippen LogP contribution in [0.15, 0.2) is 60.8 Å². The number of anilines is 1. The van der Waals surface area contributed by atoms with Crippen LogP contribution in [0.5, 0.6) is 17.2 Å². The number of thiocarbonyl (C=S) groups is 1. The second-order valence-corrected chi connectivity index (χ2v) is 7.37. The minimum atomic E-state index is 0.257. The van der Waals surface area contributed by atoms with Crippen molar-refractivity contribution in [3.05, 3.63) is 77.6 Å². The molecule has 154 valence electrons. The van der Waals surface area contributed by atoms with E-state index in [9.17, 15) is 0 Å². The number of nitrogens with one attached hydrogen (secondary N) is 1. The summed E-state index contributed by atoms with van der Waals surface area (Å²) >= 11 is 5.76. The summed E-state index contributed by atoms with van der Waals surface area (Å²) < 4.78 is 16.3. The van der Waals surface area contributed by atoms with Crippen LogP contribution in [0.25, 0.3) is 0 Å². The highest BCUT2D eigenvalue weighted by molar-refractivity contribution is 7.80. The standard InChI is InChI=1S/C23H23N3O3S/c1-16-11-18(7-9-20(16)27-2)25-23(30)26(14-19-5-3-4-10-24-19)13-17-6-8-21-22(12-17)29-15-28-21/h3-12H,13-15H2,1-2H3,(H,25,30). The number of pyridine rings is 1. The van der Waals surface area contributed by atoms with Crippen LogP contribution in [0.1, 0.15) is 16.8 Å². The van der Waals surface area contributed by atoms with Crippen LogP contribution in [-0.2, 0) is 13.1 Å². The molecule has 1 N–H and O–H groups in total. The smallest absolute Gasteiger partial charge is 0.231 e. The maximum Gasteiger partial charge on any atom is 0.231 e. The number of benzene rings is 2. The summed E-state index contributed by atoms with van der Waals surface area (Å²) in [6.07, 6.45) is 1.79. The molecule has 0 saturated heterocycles. The lowest BCUT2D eigenvalue weighted by molar-refractivity contribution is 0.174. The van der Waals surface area contributed by atoms with Gasteiger partial charge in [-0.1, -0.05) is 12.1 Å². The average Bonchev–Trinajstić information content (AvgIpc) is 3.22. The first-order valence-electron chi connectivity index (χ1n) is 9.61. The van der Waals surface area contributed by atoms with E-state index in [4.69, 9.17) is 26.4 Å². The van der Waals surface area contributed by atoms with Gasteiger partial charge in [-0.3, -0.25) is 4.98 Å². The first kappa shape index (κ1) is 20.0. The molecule has 3 aromatic rings. The molecule has 4 rings (SSSR count). The topological polar surface area (TPSA) is 55.9 Å². The second-order valence-electron chi connectivity index (χ2n) is 6.98.